The number of halogens is 1. The van der Waals surface area contributed by atoms with E-state index in [-0.39, 0.29) is 5.56 Å². The first-order chi connectivity index (χ1) is 14.2. The van der Waals surface area contributed by atoms with Gasteiger partial charge in [-0.1, -0.05) is 34.1 Å². The third kappa shape index (κ3) is 3.25. The summed E-state index contributed by atoms with van der Waals surface area (Å²) in [6, 6.07) is 18.4. The van der Waals surface area contributed by atoms with E-state index in [0.717, 1.165) is 15.4 Å². The molecule has 3 aromatic heterocycles. The highest BCUT2D eigenvalue weighted by Gasteiger charge is 2.16. The summed E-state index contributed by atoms with van der Waals surface area (Å²) >= 11 is 3.47. The molecule has 29 heavy (non-hydrogen) atoms. The lowest BCUT2D eigenvalue weighted by Gasteiger charge is -2.07. The number of furan rings is 1. The number of fused-ring (bicyclic) bond motifs is 2. The Morgan fingerprint density at radius 2 is 1.97 bits per heavy atom. The number of para-hydroxylation sites is 1. The number of benzene rings is 2. The predicted octanol–water partition coefficient (Wildman–Crippen LogP) is 4.85. The molecular weight excluding hydrogens is 432 g/mol. The Labute approximate surface area is 173 Å². The zero-order valence-electron chi connectivity index (χ0n) is 15.0. The molecule has 0 aliphatic heterocycles. The molecule has 3 heterocycles. The molecule has 140 valence electrons. The van der Waals surface area contributed by atoms with Gasteiger partial charge in [-0.3, -0.25) is 9.78 Å². The molecular formula is C22H13BrN4O2. The van der Waals surface area contributed by atoms with Crippen molar-refractivity contribution in [1.29, 1.82) is 0 Å². The lowest BCUT2D eigenvalue weighted by molar-refractivity contribution is 0.616. The Kier molecular flexibility index (Phi) is 4.29. The van der Waals surface area contributed by atoms with Crippen molar-refractivity contribution in [3.63, 3.8) is 0 Å². The summed E-state index contributed by atoms with van der Waals surface area (Å²) in [4.78, 5) is 21.9. The van der Waals surface area contributed by atoms with Gasteiger partial charge < -0.3 is 4.42 Å². The topological polar surface area (TPSA) is 73.3 Å². The van der Waals surface area contributed by atoms with Crippen LogP contribution in [0.4, 0.5) is 0 Å². The van der Waals surface area contributed by atoms with Crippen molar-refractivity contribution in [2.75, 3.05) is 0 Å². The second-order valence-corrected chi connectivity index (χ2v) is 7.31. The maximum Gasteiger partial charge on any atom is 0.282 e. The summed E-state index contributed by atoms with van der Waals surface area (Å²) in [6.45, 7) is 0. The molecule has 0 radical (unpaired) electrons. The SMILES string of the molecule is O=c1c2ccccc2nc(-c2cc3cc(Br)ccc3o2)n1N=Cc1cccnc1. The smallest absolute Gasteiger partial charge is 0.282 e. The first kappa shape index (κ1) is 17.5. The normalized spacial score (nSPS) is 11.6. The number of pyridine rings is 1. The maximum absolute atomic E-state index is 13.2. The van der Waals surface area contributed by atoms with Gasteiger partial charge in [0.2, 0.25) is 5.82 Å². The van der Waals surface area contributed by atoms with Crippen LogP contribution in [0.25, 0.3) is 33.5 Å². The monoisotopic (exact) mass is 444 g/mol. The summed E-state index contributed by atoms with van der Waals surface area (Å²) in [7, 11) is 0. The molecule has 5 aromatic rings. The quantitative estimate of drug-likeness (QED) is 0.372. The molecule has 0 fully saturated rings. The average Bonchev–Trinajstić information content (AvgIpc) is 3.17. The molecule has 0 aliphatic carbocycles. The second kappa shape index (κ2) is 7.10. The van der Waals surface area contributed by atoms with Gasteiger partial charge in [0.15, 0.2) is 5.76 Å². The second-order valence-electron chi connectivity index (χ2n) is 6.39. The van der Waals surface area contributed by atoms with E-state index in [1.807, 2.05) is 36.4 Å². The van der Waals surface area contributed by atoms with Gasteiger partial charge in [0.05, 0.1) is 17.1 Å². The molecule has 5 rings (SSSR count). The van der Waals surface area contributed by atoms with Crippen LogP contribution < -0.4 is 5.56 Å². The number of hydrogen-bond donors (Lipinski definition) is 0. The van der Waals surface area contributed by atoms with E-state index in [2.05, 4.69) is 31.0 Å². The molecule has 6 nitrogen and oxygen atoms in total. The van der Waals surface area contributed by atoms with Crippen molar-refractivity contribution in [1.82, 2.24) is 14.6 Å². The number of hydrogen-bond acceptors (Lipinski definition) is 5. The van der Waals surface area contributed by atoms with Crippen molar-refractivity contribution >= 4 is 44.0 Å². The van der Waals surface area contributed by atoms with Crippen LogP contribution in [0.3, 0.4) is 0 Å². The maximum atomic E-state index is 13.2. The fourth-order valence-corrected chi connectivity index (χ4v) is 3.47. The van der Waals surface area contributed by atoms with E-state index < -0.39 is 0 Å². The van der Waals surface area contributed by atoms with Crippen LogP contribution in [0.15, 0.2) is 91.8 Å². The molecule has 0 N–H and O–H groups in total. The van der Waals surface area contributed by atoms with E-state index in [0.29, 0.717) is 28.1 Å². The van der Waals surface area contributed by atoms with Crippen LogP contribution in [0.5, 0.6) is 0 Å². The highest BCUT2D eigenvalue weighted by atomic mass is 79.9. The molecule has 0 amide bonds. The van der Waals surface area contributed by atoms with E-state index in [1.54, 1.807) is 42.9 Å². The van der Waals surface area contributed by atoms with E-state index >= 15 is 0 Å². The van der Waals surface area contributed by atoms with Crippen molar-refractivity contribution < 1.29 is 4.42 Å². The molecule has 0 spiro atoms. The zero-order chi connectivity index (χ0) is 19.8. The van der Waals surface area contributed by atoms with Gasteiger partial charge in [0.25, 0.3) is 5.56 Å². The third-order valence-corrected chi connectivity index (χ3v) is 4.95. The van der Waals surface area contributed by atoms with E-state index in [1.165, 1.54) is 4.68 Å². The van der Waals surface area contributed by atoms with Crippen molar-refractivity contribution in [2.24, 2.45) is 5.10 Å². The summed E-state index contributed by atoms with van der Waals surface area (Å²) < 4.78 is 8.18. The first-order valence-corrected chi connectivity index (χ1v) is 9.64. The van der Waals surface area contributed by atoms with E-state index in [4.69, 9.17) is 4.42 Å². The predicted molar refractivity (Wildman–Crippen MR) is 116 cm³/mol. The lowest BCUT2D eigenvalue weighted by Crippen LogP contribution is -2.20. The van der Waals surface area contributed by atoms with E-state index in [9.17, 15) is 4.79 Å². The van der Waals surface area contributed by atoms with Gasteiger partial charge in [-0.15, -0.1) is 0 Å². The largest absolute Gasteiger partial charge is 0.453 e. The molecule has 0 atom stereocenters. The Bertz CT molecular complexity index is 1440. The minimum Gasteiger partial charge on any atom is -0.453 e. The summed E-state index contributed by atoms with van der Waals surface area (Å²) in [5.74, 6) is 0.797. The Hall–Kier alpha value is -3.58. The molecule has 2 aromatic carbocycles. The minimum atomic E-state index is -0.271. The highest BCUT2D eigenvalue weighted by molar-refractivity contribution is 9.10. The fraction of sp³-hybridized carbons (Fsp3) is 0. The number of rotatable bonds is 3. The molecule has 0 bridgehead atoms. The van der Waals surface area contributed by atoms with Crippen LogP contribution in [0.1, 0.15) is 5.56 Å². The molecule has 0 saturated heterocycles. The Morgan fingerprint density at radius 3 is 2.83 bits per heavy atom. The lowest BCUT2D eigenvalue weighted by atomic mass is 10.2. The Balaban J connectivity index is 1.76. The van der Waals surface area contributed by atoms with Gasteiger partial charge in [0.1, 0.15) is 5.58 Å². The summed E-state index contributed by atoms with van der Waals surface area (Å²) in [5, 5.41) is 5.78. The van der Waals surface area contributed by atoms with Crippen LogP contribution in [-0.4, -0.2) is 20.9 Å². The fourth-order valence-electron chi connectivity index (χ4n) is 3.09. The number of nitrogens with zero attached hydrogens (tertiary/aromatic N) is 4. The minimum absolute atomic E-state index is 0.271. The molecule has 7 heteroatoms. The van der Waals surface area contributed by atoms with Crippen molar-refractivity contribution in [2.45, 2.75) is 0 Å². The van der Waals surface area contributed by atoms with Gasteiger partial charge in [-0.05, 0) is 42.5 Å². The van der Waals surface area contributed by atoms with Crippen LogP contribution >= 0.6 is 15.9 Å². The Morgan fingerprint density at radius 1 is 1.07 bits per heavy atom. The summed E-state index contributed by atoms with van der Waals surface area (Å²) in [6.07, 6.45) is 4.92. The standard InChI is InChI=1S/C22H13BrN4O2/c23-16-7-8-19-15(10-16)11-20(29-19)21-26-18-6-2-1-5-17(18)22(28)27(21)25-13-14-4-3-9-24-12-14/h1-13H. The van der Waals surface area contributed by atoms with Gasteiger partial charge in [-0.2, -0.15) is 9.78 Å². The number of aromatic nitrogens is 3. The van der Waals surface area contributed by atoms with Gasteiger partial charge in [-0.25, -0.2) is 4.98 Å². The van der Waals surface area contributed by atoms with Gasteiger partial charge >= 0.3 is 0 Å². The van der Waals surface area contributed by atoms with Crippen LogP contribution in [0, 0.1) is 0 Å². The zero-order valence-corrected chi connectivity index (χ0v) is 16.6. The summed E-state index contributed by atoms with van der Waals surface area (Å²) in [5.41, 5.74) is 1.79. The van der Waals surface area contributed by atoms with Crippen molar-refractivity contribution in [3.05, 3.63) is 93.4 Å². The van der Waals surface area contributed by atoms with Gasteiger partial charge in [0, 0.05) is 27.8 Å². The third-order valence-electron chi connectivity index (χ3n) is 4.46. The molecule has 0 aliphatic rings. The average molecular weight is 445 g/mol. The van der Waals surface area contributed by atoms with Crippen molar-refractivity contribution in [3.8, 4) is 11.6 Å². The molecule has 0 unspecified atom stereocenters. The van der Waals surface area contributed by atoms with Crippen LogP contribution in [0.2, 0.25) is 0 Å². The molecule has 0 saturated carbocycles. The van der Waals surface area contributed by atoms with Crippen LogP contribution in [-0.2, 0) is 0 Å². The highest BCUT2D eigenvalue weighted by Crippen LogP contribution is 2.29. The first-order valence-electron chi connectivity index (χ1n) is 8.85.